The average molecular weight is 377 g/mol. The summed E-state index contributed by atoms with van der Waals surface area (Å²) in [5.41, 5.74) is 3.94. The molecule has 2 aliphatic rings. The molecule has 4 heteroatoms. The van der Waals surface area contributed by atoms with Crippen LogP contribution in [-0.4, -0.2) is 41.2 Å². The predicted molar refractivity (Wildman–Crippen MR) is 110 cm³/mol. The number of carbonyl (C=O) groups is 2. The van der Waals surface area contributed by atoms with Gasteiger partial charge in [0.2, 0.25) is 5.91 Å². The van der Waals surface area contributed by atoms with Crippen molar-refractivity contribution in [2.24, 2.45) is 0 Å². The van der Waals surface area contributed by atoms with Gasteiger partial charge in [0.25, 0.3) is 5.91 Å². The van der Waals surface area contributed by atoms with E-state index in [9.17, 15) is 9.59 Å². The maximum absolute atomic E-state index is 13.8. The van der Waals surface area contributed by atoms with Gasteiger partial charge in [0.1, 0.15) is 0 Å². The summed E-state index contributed by atoms with van der Waals surface area (Å²) in [4.78, 5) is 30.9. The molecule has 4 rings (SSSR count). The van der Waals surface area contributed by atoms with E-state index in [0.29, 0.717) is 18.7 Å². The van der Waals surface area contributed by atoms with Gasteiger partial charge in [0.05, 0.1) is 12.0 Å². The molecule has 2 aromatic carbocycles. The predicted octanol–water partition coefficient (Wildman–Crippen LogP) is 4.17. The quantitative estimate of drug-likeness (QED) is 0.786. The van der Waals surface area contributed by atoms with Crippen LogP contribution in [0, 0.1) is 0 Å². The molecule has 2 aromatic rings. The lowest BCUT2D eigenvalue weighted by molar-refractivity contribution is -0.134. The minimum Gasteiger partial charge on any atom is -0.342 e. The van der Waals surface area contributed by atoms with E-state index in [-0.39, 0.29) is 23.8 Å². The number of hydrogen-bond donors (Lipinski definition) is 0. The average Bonchev–Trinajstić information content (AvgIpc) is 2.74. The topological polar surface area (TPSA) is 40.6 Å². The Labute approximate surface area is 167 Å². The second-order valence-electron chi connectivity index (χ2n) is 7.73. The normalized spacial score (nSPS) is 20.2. The van der Waals surface area contributed by atoms with Gasteiger partial charge in [0, 0.05) is 25.2 Å². The van der Waals surface area contributed by atoms with Gasteiger partial charge in [-0.2, -0.15) is 0 Å². The van der Waals surface area contributed by atoms with E-state index in [4.69, 9.17) is 0 Å². The standard InChI is InChI=1S/C24H28N2O2/c1-3-5-15-25(4-2)24(28)21-19-12-8-9-13-20(19)23(27)26-16-14-17-10-6-7-11-18(17)22(21)26/h6-13,21-22H,3-5,14-16H2,1-2H3/t21-,22-/m1/s1. The van der Waals surface area contributed by atoms with Crippen molar-refractivity contribution < 1.29 is 9.59 Å². The van der Waals surface area contributed by atoms with E-state index in [1.807, 2.05) is 53.1 Å². The molecule has 0 saturated carbocycles. The molecule has 0 aliphatic carbocycles. The summed E-state index contributed by atoms with van der Waals surface area (Å²) >= 11 is 0. The highest BCUT2D eigenvalue weighted by Gasteiger charge is 2.46. The molecule has 0 N–H and O–H groups in total. The molecule has 0 fully saturated rings. The van der Waals surface area contributed by atoms with Crippen molar-refractivity contribution in [3.05, 3.63) is 70.8 Å². The second kappa shape index (κ2) is 7.78. The maximum atomic E-state index is 13.8. The van der Waals surface area contributed by atoms with Gasteiger partial charge in [-0.3, -0.25) is 9.59 Å². The van der Waals surface area contributed by atoms with Crippen LogP contribution >= 0.6 is 0 Å². The molecule has 4 nitrogen and oxygen atoms in total. The SMILES string of the molecule is CCCCN(CC)C(=O)[C@@H]1c2ccccc2C(=O)N2CCc3ccccc3[C@H]12. The molecule has 146 valence electrons. The summed E-state index contributed by atoms with van der Waals surface area (Å²) in [6.07, 6.45) is 2.90. The fourth-order valence-electron chi connectivity index (χ4n) is 4.71. The summed E-state index contributed by atoms with van der Waals surface area (Å²) in [6.45, 7) is 6.32. The number of unbranched alkanes of at least 4 members (excludes halogenated alkanes) is 1. The summed E-state index contributed by atoms with van der Waals surface area (Å²) in [6, 6.07) is 15.8. The summed E-state index contributed by atoms with van der Waals surface area (Å²) in [5.74, 6) is -0.148. The van der Waals surface area contributed by atoms with Crippen molar-refractivity contribution in [2.45, 2.75) is 45.1 Å². The molecule has 0 radical (unpaired) electrons. The maximum Gasteiger partial charge on any atom is 0.254 e. The molecule has 2 amide bonds. The Balaban J connectivity index is 1.84. The van der Waals surface area contributed by atoms with Crippen LogP contribution < -0.4 is 0 Å². The molecule has 0 spiro atoms. The molecule has 2 heterocycles. The van der Waals surface area contributed by atoms with Crippen LogP contribution in [0.2, 0.25) is 0 Å². The fourth-order valence-corrected chi connectivity index (χ4v) is 4.71. The Kier molecular flexibility index (Phi) is 5.21. The van der Waals surface area contributed by atoms with Gasteiger partial charge >= 0.3 is 0 Å². The highest BCUT2D eigenvalue weighted by atomic mass is 16.2. The van der Waals surface area contributed by atoms with Gasteiger partial charge < -0.3 is 9.80 Å². The zero-order valence-electron chi connectivity index (χ0n) is 16.7. The number of likely N-dealkylation sites (N-methyl/N-ethyl adjacent to an activating group) is 1. The van der Waals surface area contributed by atoms with E-state index in [0.717, 1.165) is 36.9 Å². The minimum atomic E-state index is -0.341. The van der Waals surface area contributed by atoms with Gasteiger partial charge in [-0.25, -0.2) is 0 Å². The molecular weight excluding hydrogens is 348 g/mol. The molecule has 0 saturated heterocycles. The molecule has 2 aliphatic heterocycles. The van der Waals surface area contributed by atoms with Gasteiger partial charge in [0.15, 0.2) is 0 Å². The van der Waals surface area contributed by atoms with Crippen LogP contribution in [0.3, 0.4) is 0 Å². The summed E-state index contributed by atoms with van der Waals surface area (Å²) in [5, 5.41) is 0. The van der Waals surface area contributed by atoms with Crippen molar-refractivity contribution in [1.82, 2.24) is 9.80 Å². The van der Waals surface area contributed by atoms with Crippen LogP contribution in [-0.2, 0) is 11.2 Å². The smallest absolute Gasteiger partial charge is 0.254 e. The highest BCUT2D eigenvalue weighted by molar-refractivity contribution is 6.01. The van der Waals surface area contributed by atoms with E-state index in [2.05, 4.69) is 19.1 Å². The third kappa shape index (κ3) is 3.01. The number of rotatable bonds is 5. The van der Waals surface area contributed by atoms with Gasteiger partial charge in [-0.05, 0) is 42.5 Å². The van der Waals surface area contributed by atoms with Crippen molar-refractivity contribution in [1.29, 1.82) is 0 Å². The Bertz CT molecular complexity index is 892. The molecule has 0 bridgehead atoms. The van der Waals surface area contributed by atoms with Crippen LogP contribution in [0.5, 0.6) is 0 Å². The summed E-state index contributed by atoms with van der Waals surface area (Å²) < 4.78 is 0. The number of benzene rings is 2. The van der Waals surface area contributed by atoms with E-state index in [1.165, 1.54) is 5.56 Å². The number of nitrogens with zero attached hydrogens (tertiary/aromatic N) is 2. The van der Waals surface area contributed by atoms with Crippen molar-refractivity contribution in [3.63, 3.8) is 0 Å². The number of hydrogen-bond acceptors (Lipinski definition) is 2. The number of amides is 2. The Hall–Kier alpha value is -2.62. The molecule has 2 atom stereocenters. The van der Waals surface area contributed by atoms with Crippen molar-refractivity contribution in [2.75, 3.05) is 19.6 Å². The Morgan fingerprint density at radius 1 is 1.07 bits per heavy atom. The van der Waals surface area contributed by atoms with Crippen molar-refractivity contribution in [3.8, 4) is 0 Å². The van der Waals surface area contributed by atoms with Crippen LogP contribution in [0.25, 0.3) is 0 Å². The monoisotopic (exact) mass is 376 g/mol. The largest absolute Gasteiger partial charge is 0.342 e. The first-order valence-corrected chi connectivity index (χ1v) is 10.4. The Morgan fingerprint density at radius 2 is 1.79 bits per heavy atom. The first-order chi connectivity index (χ1) is 13.7. The van der Waals surface area contributed by atoms with E-state index < -0.39 is 0 Å². The van der Waals surface area contributed by atoms with E-state index in [1.54, 1.807) is 0 Å². The molecule has 0 unspecified atom stereocenters. The molecule has 0 aromatic heterocycles. The third-order valence-electron chi connectivity index (χ3n) is 6.18. The van der Waals surface area contributed by atoms with Crippen molar-refractivity contribution >= 4 is 11.8 Å². The zero-order valence-corrected chi connectivity index (χ0v) is 16.7. The Morgan fingerprint density at radius 3 is 2.54 bits per heavy atom. The van der Waals surface area contributed by atoms with Gasteiger partial charge in [-0.15, -0.1) is 0 Å². The first kappa shape index (κ1) is 18.7. The first-order valence-electron chi connectivity index (χ1n) is 10.4. The zero-order chi connectivity index (χ0) is 19.7. The fraction of sp³-hybridized carbons (Fsp3) is 0.417. The van der Waals surface area contributed by atoms with Crippen LogP contribution in [0.4, 0.5) is 0 Å². The minimum absolute atomic E-state index is 0.0516. The number of fused-ring (bicyclic) bond motifs is 4. The summed E-state index contributed by atoms with van der Waals surface area (Å²) in [7, 11) is 0. The van der Waals surface area contributed by atoms with Crippen LogP contribution in [0.1, 0.15) is 65.7 Å². The number of carbonyl (C=O) groups excluding carboxylic acids is 2. The molecule has 28 heavy (non-hydrogen) atoms. The van der Waals surface area contributed by atoms with Gasteiger partial charge in [-0.1, -0.05) is 55.8 Å². The lowest BCUT2D eigenvalue weighted by Crippen LogP contribution is -2.50. The van der Waals surface area contributed by atoms with Crippen LogP contribution in [0.15, 0.2) is 48.5 Å². The second-order valence-corrected chi connectivity index (χ2v) is 7.73. The lowest BCUT2D eigenvalue weighted by Gasteiger charge is -2.46. The van der Waals surface area contributed by atoms with E-state index >= 15 is 0 Å². The lowest BCUT2D eigenvalue weighted by atomic mass is 9.75. The third-order valence-corrected chi connectivity index (χ3v) is 6.18. The molecular formula is C24H28N2O2. The highest BCUT2D eigenvalue weighted by Crippen LogP contribution is 2.46.